The van der Waals surface area contributed by atoms with Gasteiger partial charge in [0.15, 0.2) is 0 Å². The van der Waals surface area contributed by atoms with Crippen LogP contribution in [0.2, 0.25) is 0 Å². The number of halogens is 1. The van der Waals surface area contributed by atoms with E-state index in [1.54, 1.807) is 6.92 Å². The largest absolute Gasteiger partial charge is 0.480 e. The van der Waals surface area contributed by atoms with Gasteiger partial charge in [-0.15, -0.1) is 0 Å². The van der Waals surface area contributed by atoms with E-state index in [1.807, 2.05) is 6.92 Å². The quantitative estimate of drug-likeness (QED) is 0.634. The fourth-order valence-corrected chi connectivity index (χ4v) is 1.76. The van der Waals surface area contributed by atoms with Gasteiger partial charge in [-0.05, 0) is 25.5 Å². The highest BCUT2D eigenvalue weighted by atomic mass is 19.1. The zero-order valence-corrected chi connectivity index (χ0v) is 10.7. The first-order chi connectivity index (χ1) is 8.88. The maximum atomic E-state index is 13.6. The van der Waals surface area contributed by atoms with E-state index in [-0.39, 0.29) is 11.7 Å². The van der Waals surface area contributed by atoms with Crippen molar-refractivity contribution in [3.8, 4) is 0 Å². The Morgan fingerprint density at radius 1 is 1.58 bits per heavy atom. The second kappa shape index (κ2) is 6.12. The Balaban J connectivity index is 3.33. The van der Waals surface area contributed by atoms with Crippen LogP contribution in [0, 0.1) is 15.9 Å². The summed E-state index contributed by atoms with van der Waals surface area (Å²) in [6.45, 7) is 3.14. The predicted molar refractivity (Wildman–Crippen MR) is 67.8 cm³/mol. The molecular weight excluding hydrogens is 255 g/mol. The molecule has 0 amide bonds. The molecule has 0 spiro atoms. The van der Waals surface area contributed by atoms with Gasteiger partial charge in [0.2, 0.25) is 5.82 Å². The molecule has 0 bridgehead atoms. The average molecular weight is 270 g/mol. The Kier molecular flexibility index (Phi) is 4.80. The summed E-state index contributed by atoms with van der Waals surface area (Å²) < 4.78 is 13.6. The van der Waals surface area contributed by atoms with E-state index in [4.69, 9.17) is 5.11 Å². The topological polar surface area (TPSA) is 83.7 Å². The second-order valence-corrected chi connectivity index (χ2v) is 4.14. The van der Waals surface area contributed by atoms with Crippen LogP contribution in [0.25, 0.3) is 0 Å². The van der Waals surface area contributed by atoms with Gasteiger partial charge >= 0.3 is 11.7 Å². The van der Waals surface area contributed by atoms with Crippen LogP contribution in [0.15, 0.2) is 18.2 Å². The zero-order valence-electron chi connectivity index (χ0n) is 10.7. The summed E-state index contributed by atoms with van der Waals surface area (Å²) in [5, 5.41) is 19.8. The highest BCUT2D eigenvalue weighted by molar-refractivity contribution is 5.76. The van der Waals surface area contributed by atoms with E-state index in [1.165, 1.54) is 17.0 Å². The molecule has 1 unspecified atom stereocenters. The van der Waals surface area contributed by atoms with E-state index < -0.39 is 28.9 Å². The summed E-state index contributed by atoms with van der Waals surface area (Å²) in [4.78, 5) is 22.3. The summed E-state index contributed by atoms with van der Waals surface area (Å²) in [5.41, 5.74) is -0.703. The number of benzene rings is 1. The molecule has 0 aromatic heterocycles. The van der Waals surface area contributed by atoms with Crippen molar-refractivity contribution in [3.63, 3.8) is 0 Å². The first kappa shape index (κ1) is 14.9. The van der Waals surface area contributed by atoms with E-state index in [9.17, 15) is 19.3 Å². The van der Waals surface area contributed by atoms with Gasteiger partial charge in [0.25, 0.3) is 0 Å². The monoisotopic (exact) mass is 270 g/mol. The number of nitro benzene ring substituents is 1. The van der Waals surface area contributed by atoms with Gasteiger partial charge in [-0.1, -0.05) is 13.0 Å². The Morgan fingerprint density at radius 2 is 2.21 bits per heavy atom. The molecule has 1 aromatic carbocycles. The fraction of sp³-hybridized carbons (Fsp3) is 0.417. The van der Waals surface area contributed by atoms with Crippen molar-refractivity contribution in [3.05, 3.63) is 34.1 Å². The Morgan fingerprint density at radius 3 is 2.68 bits per heavy atom. The molecule has 0 saturated heterocycles. The first-order valence-corrected chi connectivity index (χ1v) is 5.79. The van der Waals surface area contributed by atoms with Crippen molar-refractivity contribution < 1.29 is 19.2 Å². The molecule has 1 atom stereocenters. The summed E-state index contributed by atoms with van der Waals surface area (Å²) >= 11 is 0. The van der Waals surface area contributed by atoms with E-state index >= 15 is 0 Å². The van der Waals surface area contributed by atoms with E-state index in [0.29, 0.717) is 6.42 Å². The molecule has 0 heterocycles. The van der Waals surface area contributed by atoms with Crippen molar-refractivity contribution in [2.24, 2.45) is 0 Å². The van der Waals surface area contributed by atoms with Crippen molar-refractivity contribution in [1.29, 1.82) is 0 Å². The molecule has 0 aliphatic carbocycles. The van der Waals surface area contributed by atoms with Crippen LogP contribution in [-0.2, 0) is 4.79 Å². The normalized spacial score (nSPS) is 11.9. The number of nitrogens with zero attached hydrogens (tertiary/aromatic N) is 2. The van der Waals surface area contributed by atoms with E-state index in [0.717, 1.165) is 6.07 Å². The number of rotatable bonds is 6. The number of hydrogen-bond acceptors (Lipinski definition) is 4. The number of para-hydroxylation sites is 1. The van der Waals surface area contributed by atoms with Gasteiger partial charge in [-0.25, -0.2) is 0 Å². The third-order valence-electron chi connectivity index (χ3n) is 2.89. The number of carboxylic acid groups (broad SMARTS) is 1. The molecule has 7 heteroatoms. The maximum absolute atomic E-state index is 13.6. The number of carbonyl (C=O) groups is 1. The van der Waals surface area contributed by atoms with Crippen LogP contribution in [0.1, 0.15) is 20.3 Å². The molecule has 1 N–H and O–H groups in total. The molecule has 0 radical (unpaired) electrons. The Hall–Kier alpha value is -2.18. The van der Waals surface area contributed by atoms with Crippen molar-refractivity contribution in [2.75, 3.05) is 11.4 Å². The molecular formula is C12H15FN2O4. The number of hydrogen-bond donors (Lipinski definition) is 1. The number of nitro groups is 1. The SMILES string of the molecule is CCC(C)N(CC(=O)O)c1cccc(F)c1[N+](=O)[O-]. The molecule has 0 saturated carbocycles. The summed E-state index contributed by atoms with van der Waals surface area (Å²) in [6.07, 6.45) is 0.584. The average Bonchev–Trinajstić information content (AvgIpc) is 2.34. The third-order valence-corrected chi connectivity index (χ3v) is 2.89. The predicted octanol–water partition coefficient (Wildman–Crippen LogP) is 2.42. The molecule has 104 valence electrons. The summed E-state index contributed by atoms with van der Waals surface area (Å²) in [6, 6.07) is 3.42. The summed E-state index contributed by atoms with van der Waals surface area (Å²) in [7, 11) is 0. The van der Waals surface area contributed by atoms with Crippen molar-refractivity contribution in [1.82, 2.24) is 0 Å². The lowest BCUT2D eigenvalue weighted by molar-refractivity contribution is -0.386. The number of anilines is 1. The molecule has 0 aliphatic rings. The van der Waals surface area contributed by atoms with Gasteiger partial charge in [0, 0.05) is 6.04 Å². The van der Waals surface area contributed by atoms with Gasteiger partial charge < -0.3 is 10.0 Å². The summed E-state index contributed by atoms with van der Waals surface area (Å²) in [5.74, 6) is -2.10. The number of aliphatic carboxylic acids is 1. The van der Waals surface area contributed by atoms with Crippen LogP contribution in [-0.4, -0.2) is 28.6 Å². The number of carboxylic acids is 1. The van der Waals surface area contributed by atoms with Crippen LogP contribution in [0.3, 0.4) is 0 Å². The molecule has 0 fully saturated rings. The Labute approximate surface area is 109 Å². The van der Waals surface area contributed by atoms with E-state index in [2.05, 4.69) is 0 Å². The van der Waals surface area contributed by atoms with Crippen molar-refractivity contribution >= 4 is 17.3 Å². The van der Waals surface area contributed by atoms with Crippen LogP contribution in [0.4, 0.5) is 15.8 Å². The molecule has 6 nitrogen and oxygen atoms in total. The highest BCUT2D eigenvalue weighted by Gasteiger charge is 2.27. The minimum atomic E-state index is -1.13. The standard InChI is InChI=1S/C12H15FN2O4/c1-3-8(2)14(7-11(16)17)10-6-4-5-9(13)12(10)15(18)19/h4-6,8H,3,7H2,1-2H3,(H,16,17). The fourth-order valence-electron chi connectivity index (χ4n) is 1.76. The van der Waals surface area contributed by atoms with Gasteiger partial charge in [-0.2, -0.15) is 4.39 Å². The van der Waals surface area contributed by atoms with Gasteiger partial charge in [0.1, 0.15) is 12.2 Å². The Bertz CT molecular complexity index is 493. The van der Waals surface area contributed by atoms with Gasteiger partial charge in [0.05, 0.1) is 4.92 Å². The van der Waals surface area contributed by atoms with Crippen LogP contribution < -0.4 is 4.90 Å². The molecule has 19 heavy (non-hydrogen) atoms. The smallest absolute Gasteiger partial charge is 0.327 e. The lowest BCUT2D eigenvalue weighted by atomic mass is 10.1. The lowest BCUT2D eigenvalue weighted by Crippen LogP contribution is -2.37. The van der Waals surface area contributed by atoms with Crippen LogP contribution in [0.5, 0.6) is 0 Å². The minimum Gasteiger partial charge on any atom is -0.480 e. The zero-order chi connectivity index (χ0) is 14.6. The highest BCUT2D eigenvalue weighted by Crippen LogP contribution is 2.32. The first-order valence-electron chi connectivity index (χ1n) is 5.79. The van der Waals surface area contributed by atoms with Crippen LogP contribution >= 0.6 is 0 Å². The second-order valence-electron chi connectivity index (χ2n) is 4.14. The van der Waals surface area contributed by atoms with Crippen molar-refractivity contribution in [2.45, 2.75) is 26.3 Å². The maximum Gasteiger partial charge on any atom is 0.327 e. The van der Waals surface area contributed by atoms with Gasteiger partial charge in [-0.3, -0.25) is 14.9 Å². The minimum absolute atomic E-state index is 0.0123. The third kappa shape index (κ3) is 3.40. The molecule has 0 aliphatic heterocycles. The molecule has 1 aromatic rings. The lowest BCUT2D eigenvalue weighted by Gasteiger charge is -2.28. The molecule has 1 rings (SSSR count).